The minimum atomic E-state index is 0.741. The van der Waals surface area contributed by atoms with Crippen LogP contribution in [0.3, 0.4) is 0 Å². The summed E-state index contributed by atoms with van der Waals surface area (Å²) in [6.45, 7) is 0.768. The Kier molecular flexibility index (Phi) is 4.08. The summed E-state index contributed by atoms with van der Waals surface area (Å²) < 4.78 is 0. The second-order valence-corrected chi connectivity index (χ2v) is 5.31. The molecule has 2 aromatic rings. The van der Waals surface area contributed by atoms with Crippen molar-refractivity contribution in [1.82, 2.24) is 0 Å². The third-order valence-corrected chi connectivity index (χ3v) is 4.08. The first-order valence-electron chi connectivity index (χ1n) is 5.18. The average Bonchev–Trinajstić information content (AvgIpc) is 2.84. The number of thioether (sulfide) groups is 1. The number of nitrogens with zero attached hydrogens (tertiary/aromatic N) is 1. The third-order valence-electron chi connectivity index (χ3n) is 2.34. The molecule has 0 aliphatic rings. The molecule has 0 saturated heterocycles. The Bertz CT molecular complexity index is 540. The molecule has 86 valence electrons. The normalized spacial score (nSPS) is 9.88. The van der Waals surface area contributed by atoms with Crippen molar-refractivity contribution in [2.75, 3.05) is 11.6 Å². The number of anilines is 1. The number of rotatable bonds is 4. The van der Waals surface area contributed by atoms with E-state index in [4.69, 9.17) is 5.26 Å². The zero-order chi connectivity index (χ0) is 12.1. The van der Waals surface area contributed by atoms with Crippen LogP contribution in [0.1, 0.15) is 10.4 Å². The number of benzene rings is 1. The van der Waals surface area contributed by atoms with E-state index in [0.717, 1.165) is 17.8 Å². The highest BCUT2D eigenvalue weighted by Gasteiger charge is 2.02. The van der Waals surface area contributed by atoms with Crippen LogP contribution in [0.5, 0.6) is 0 Å². The van der Waals surface area contributed by atoms with E-state index < -0.39 is 0 Å². The summed E-state index contributed by atoms with van der Waals surface area (Å²) in [6.07, 6.45) is 2.07. The molecule has 0 radical (unpaired) electrons. The van der Waals surface area contributed by atoms with Gasteiger partial charge in [0.1, 0.15) is 6.07 Å². The monoisotopic (exact) mass is 260 g/mol. The Morgan fingerprint density at radius 1 is 1.41 bits per heavy atom. The fraction of sp³-hybridized carbons (Fsp3) is 0.154. The molecule has 2 nitrogen and oxygen atoms in total. The molecule has 1 heterocycles. The van der Waals surface area contributed by atoms with Gasteiger partial charge >= 0.3 is 0 Å². The highest BCUT2D eigenvalue weighted by Crippen LogP contribution is 2.25. The van der Waals surface area contributed by atoms with Crippen molar-refractivity contribution in [2.24, 2.45) is 0 Å². The SMILES string of the molecule is CSc1ccccc1NCc1cc(C#N)cs1. The van der Waals surface area contributed by atoms with Gasteiger partial charge in [-0.1, -0.05) is 12.1 Å². The van der Waals surface area contributed by atoms with E-state index in [0.29, 0.717) is 0 Å². The average molecular weight is 260 g/mol. The minimum Gasteiger partial charge on any atom is -0.379 e. The Morgan fingerprint density at radius 3 is 2.94 bits per heavy atom. The summed E-state index contributed by atoms with van der Waals surface area (Å²) in [5, 5.41) is 14.0. The van der Waals surface area contributed by atoms with E-state index >= 15 is 0 Å². The van der Waals surface area contributed by atoms with Gasteiger partial charge in [-0.05, 0) is 24.5 Å². The summed E-state index contributed by atoms with van der Waals surface area (Å²) in [7, 11) is 0. The van der Waals surface area contributed by atoms with Crippen LogP contribution in [0.4, 0.5) is 5.69 Å². The maximum absolute atomic E-state index is 8.75. The molecule has 0 unspecified atom stereocenters. The smallest absolute Gasteiger partial charge is 0.100 e. The van der Waals surface area contributed by atoms with Crippen LogP contribution < -0.4 is 5.32 Å². The summed E-state index contributed by atoms with van der Waals surface area (Å²) in [5.41, 5.74) is 1.89. The van der Waals surface area contributed by atoms with E-state index in [1.165, 1.54) is 9.77 Å². The summed E-state index contributed by atoms with van der Waals surface area (Å²) >= 11 is 3.34. The van der Waals surface area contributed by atoms with Gasteiger partial charge in [-0.3, -0.25) is 0 Å². The zero-order valence-corrected chi connectivity index (χ0v) is 11.1. The van der Waals surface area contributed by atoms with E-state index in [1.807, 2.05) is 23.6 Å². The fourth-order valence-electron chi connectivity index (χ4n) is 1.51. The zero-order valence-electron chi connectivity index (χ0n) is 9.43. The maximum atomic E-state index is 8.75. The quantitative estimate of drug-likeness (QED) is 0.845. The Balaban J connectivity index is 2.05. The van der Waals surface area contributed by atoms with Crippen LogP contribution in [0.2, 0.25) is 0 Å². The van der Waals surface area contributed by atoms with Gasteiger partial charge in [0.25, 0.3) is 0 Å². The number of hydrogen-bond donors (Lipinski definition) is 1. The lowest BCUT2D eigenvalue weighted by atomic mass is 10.3. The van der Waals surface area contributed by atoms with Gasteiger partial charge < -0.3 is 5.32 Å². The van der Waals surface area contributed by atoms with Crippen LogP contribution in [-0.4, -0.2) is 6.26 Å². The van der Waals surface area contributed by atoms with Crippen LogP contribution in [0, 0.1) is 11.3 Å². The molecule has 17 heavy (non-hydrogen) atoms. The number of para-hydroxylation sites is 1. The highest BCUT2D eigenvalue weighted by atomic mass is 32.2. The number of nitrogens with one attached hydrogen (secondary N) is 1. The predicted octanol–water partition coefficient (Wildman–Crippen LogP) is 3.95. The number of nitriles is 1. The molecular formula is C13H12N2S2. The molecule has 0 bridgehead atoms. The first kappa shape index (κ1) is 12.0. The topological polar surface area (TPSA) is 35.8 Å². The van der Waals surface area contributed by atoms with E-state index in [-0.39, 0.29) is 0 Å². The largest absolute Gasteiger partial charge is 0.379 e. The maximum Gasteiger partial charge on any atom is 0.100 e. The Hall–Kier alpha value is -1.44. The number of thiophene rings is 1. The molecule has 0 aliphatic heterocycles. The molecule has 0 atom stereocenters. The Morgan fingerprint density at radius 2 is 2.24 bits per heavy atom. The molecule has 4 heteroatoms. The van der Waals surface area contributed by atoms with Crippen molar-refractivity contribution in [3.05, 3.63) is 46.2 Å². The van der Waals surface area contributed by atoms with Crippen molar-refractivity contribution >= 4 is 28.8 Å². The molecule has 0 saturated carbocycles. The van der Waals surface area contributed by atoms with E-state index in [9.17, 15) is 0 Å². The molecule has 1 aromatic carbocycles. The first-order chi connectivity index (χ1) is 8.33. The highest BCUT2D eigenvalue weighted by molar-refractivity contribution is 7.98. The number of hydrogen-bond acceptors (Lipinski definition) is 4. The van der Waals surface area contributed by atoms with Gasteiger partial charge in [-0.25, -0.2) is 0 Å². The molecule has 1 aromatic heterocycles. The van der Waals surface area contributed by atoms with Crippen LogP contribution in [0.15, 0.2) is 40.6 Å². The predicted molar refractivity (Wildman–Crippen MR) is 74.6 cm³/mol. The van der Waals surface area contributed by atoms with Gasteiger partial charge in [0.2, 0.25) is 0 Å². The van der Waals surface area contributed by atoms with Crippen LogP contribution in [-0.2, 0) is 6.54 Å². The second-order valence-electron chi connectivity index (χ2n) is 3.47. The van der Waals surface area contributed by atoms with Crippen molar-refractivity contribution < 1.29 is 0 Å². The second kappa shape index (κ2) is 5.76. The van der Waals surface area contributed by atoms with Crippen LogP contribution in [0.25, 0.3) is 0 Å². The fourth-order valence-corrected chi connectivity index (χ4v) is 2.83. The van der Waals surface area contributed by atoms with Gasteiger partial charge in [0.05, 0.1) is 5.56 Å². The molecule has 2 rings (SSSR count). The Labute approximate surface area is 109 Å². The third kappa shape index (κ3) is 3.02. The van der Waals surface area contributed by atoms with Crippen molar-refractivity contribution in [2.45, 2.75) is 11.4 Å². The molecule has 0 fully saturated rings. The van der Waals surface area contributed by atoms with Crippen molar-refractivity contribution in [3.8, 4) is 6.07 Å². The van der Waals surface area contributed by atoms with Crippen molar-refractivity contribution in [3.63, 3.8) is 0 Å². The molecule has 1 N–H and O–H groups in total. The van der Waals surface area contributed by atoms with Gasteiger partial charge in [0, 0.05) is 27.4 Å². The van der Waals surface area contributed by atoms with Crippen molar-refractivity contribution in [1.29, 1.82) is 5.26 Å². The lowest BCUT2D eigenvalue weighted by molar-refractivity contribution is 1.17. The molecule has 0 spiro atoms. The van der Waals surface area contributed by atoms with Crippen LogP contribution >= 0.6 is 23.1 Å². The lowest BCUT2D eigenvalue weighted by Crippen LogP contribution is -1.98. The summed E-state index contributed by atoms with van der Waals surface area (Å²) in [5.74, 6) is 0. The first-order valence-corrected chi connectivity index (χ1v) is 7.28. The van der Waals surface area contributed by atoms with Gasteiger partial charge in [-0.15, -0.1) is 23.1 Å². The molecular weight excluding hydrogens is 248 g/mol. The summed E-state index contributed by atoms with van der Waals surface area (Å²) in [6, 6.07) is 12.3. The summed E-state index contributed by atoms with van der Waals surface area (Å²) in [4.78, 5) is 2.42. The van der Waals surface area contributed by atoms with Gasteiger partial charge in [-0.2, -0.15) is 5.26 Å². The standard InChI is InChI=1S/C13H12N2S2/c1-16-13-5-3-2-4-12(13)15-8-11-6-10(7-14)9-17-11/h2-6,9,15H,8H2,1H3. The van der Waals surface area contributed by atoms with E-state index in [2.05, 4.69) is 29.8 Å². The van der Waals surface area contributed by atoms with E-state index in [1.54, 1.807) is 23.1 Å². The lowest BCUT2D eigenvalue weighted by Gasteiger charge is -2.08. The molecule has 0 aliphatic carbocycles. The molecule has 0 amide bonds. The minimum absolute atomic E-state index is 0.741. The van der Waals surface area contributed by atoms with Gasteiger partial charge in [0.15, 0.2) is 0 Å².